The molecular formula is C19H21N3O4. The topological polar surface area (TPSA) is 91.8 Å². The van der Waals surface area contributed by atoms with Crippen LogP contribution in [-0.2, 0) is 11.3 Å². The van der Waals surface area contributed by atoms with Crippen molar-refractivity contribution in [1.29, 1.82) is 0 Å². The second-order valence-electron chi connectivity index (χ2n) is 6.20. The van der Waals surface area contributed by atoms with E-state index in [1.165, 1.54) is 0 Å². The number of aliphatic carboxylic acids is 1. The normalized spacial score (nSPS) is 16.8. The third-order valence-electron chi connectivity index (χ3n) is 4.26. The van der Waals surface area contributed by atoms with Gasteiger partial charge in [-0.3, -0.25) is 4.79 Å². The van der Waals surface area contributed by atoms with Gasteiger partial charge in [-0.1, -0.05) is 24.3 Å². The number of hydrogen-bond donors (Lipinski definition) is 2. The van der Waals surface area contributed by atoms with Crippen molar-refractivity contribution in [2.75, 3.05) is 13.1 Å². The Hall–Kier alpha value is -3.09. The number of nitrogens with zero attached hydrogens (tertiary/aromatic N) is 2. The Bertz CT molecular complexity index is 749. The molecule has 1 aromatic carbocycles. The van der Waals surface area contributed by atoms with Crippen LogP contribution in [0, 0.1) is 5.92 Å². The van der Waals surface area contributed by atoms with Crippen LogP contribution >= 0.6 is 0 Å². The number of rotatable bonds is 5. The van der Waals surface area contributed by atoms with Gasteiger partial charge in [-0.15, -0.1) is 0 Å². The molecular weight excluding hydrogens is 334 g/mol. The Morgan fingerprint density at radius 2 is 2.04 bits per heavy atom. The predicted octanol–water partition coefficient (Wildman–Crippen LogP) is 2.88. The molecule has 0 spiro atoms. The first-order valence-electron chi connectivity index (χ1n) is 8.55. The van der Waals surface area contributed by atoms with Gasteiger partial charge in [-0.2, -0.15) is 0 Å². The van der Waals surface area contributed by atoms with E-state index < -0.39 is 11.9 Å². The summed E-state index contributed by atoms with van der Waals surface area (Å²) in [6, 6.07) is 12.7. The highest BCUT2D eigenvalue weighted by Gasteiger charge is 2.27. The summed E-state index contributed by atoms with van der Waals surface area (Å²) in [5, 5.41) is 11.9. The van der Waals surface area contributed by atoms with Gasteiger partial charge in [0.25, 0.3) is 0 Å². The number of benzene rings is 1. The molecule has 0 radical (unpaired) electrons. The zero-order valence-corrected chi connectivity index (χ0v) is 14.3. The number of ether oxygens (including phenoxy) is 1. The molecule has 1 aliphatic rings. The fraction of sp³-hybridized carbons (Fsp3) is 0.316. The number of likely N-dealkylation sites (tertiary alicyclic amines) is 1. The molecule has 2 aromatic rings. The monoisotopic (exact) mass is 355 g/mol. The summed E-state index contributed by atoms with van der Waals surface area (Å²) in [6.45, 7) is 1.16. The SMILES string of the molecule is O=C(O)C1CCCN(C(=O)NCc2ccc(Oc3ccccc3)nc2)C1. The number of carbonyl (C=O) groups excluding carboxylic acids is 1. The van der Waals surface area contributed by atoms with E-state index >= 15 is 0 Å². The third-order valence-corrected chi connectivity index (χ3v) is 4.26. The van der Waals surface area contributed by atoms with E-state index in [-0.39, 0.29) is 12.6 Å². The van der Waals surface area contributed by atoms with Crippen LogP contribution in [0.5, 0.6) is 11.6 Å². The maximum absolute atomic E-state index is 12.2. The van der Waals surface area contributed by atoms with Crippen LogP contribution in [0.2, 0.25) is 0 Å². The molecule has 1 aromatic heterocycles. The van der Waals surface area contributed by atoms with Gasteiger partial charge >= 0.3 is 12.0 Å². The lowest BCUT2D eigenvalue weighted by Crippen LogP contribution is -2.46. The second-order valence-corrected chi connectivity index (χ2v) is 6.20. The van der Waals surface area contributed by atoms with Crippen molar-refractivity contribution < 1.29 is 19.4 Å². The Morgan fingerprint density at radius 1 is 1.23 bits per heavy atom. The third kappa shape index (κ3) is 4.72. The van der Waals surface area contributed by atoms with Crippen molar-refractivity contribution in [3.05, 3.63) is 54.2 Å². The number of urea groups is 1. The van der Waals surface area contributed by atoms with E-state index in [1.807, 2.05) is 36.4 Å². The van der Waals surface area contributed by atoms with Crippen LogP contribution < -0.4 is 10.1 Å². The second kappa shape index (κ2) is 8.33. The number of carboxylic acid groups (broad SMARTS) is 1. The van der Waals surface area contributed by atoms with Gasteiger partial charge in [-0.25, -0.2) is 9.78 Å². The average molecular weight is 355 g/mol. The highest BCUT2D eigenvalue weighted by Crippen LogP contribution is 2.19. The van der Waals surface area contributed by atoms with Gasteiger partial charge in [0, 0.05) is 31.9 Å². The minimum Gasteiger partial charge on any atom is -0.481 e. The molecule has 0 saturated carbocycles. The molecule has 1 saturated heterocycles. The highest BCUT2D eigenvalue weighted by molar-refractivity contribution is 5.76. The van der Waals surface area contributed by atoms with Crippen molar-refractivity contribution in [3.8, 4) is 11.6 Å². The van der Waals surface area contributed by atoms with E-state index in [9.17, 15) is 9.59 Å². The number of nitrogens with one attached hydrogen (secondary N) is 1. The molecule has 2 amide bonds. The molecule has 1 aliphatic heterocycles. The van der Waals surface area contributed by atoms with Crippen molar-refractivity contribution in [3.63, 3.8) is 0 Å². The largest absolute Gasteiger partial charge is 0.481 e. The fourth-order valence-corrected chi connectivity index (χ4v) is 2.84. The first-order valence-corrected chi connectivity index (χ1v) is 8.55. The summed E-state index contributed by atoms with van der Waals surface area (Å²) in [7, 11) is 0. The Kier molecular flexibility index (Phi) is 5.68. The van der Waals surface area contributed by atoms with Crippen LogP contribution in [0.25, 0.3) is 0 Å². The van der Waals surface area contributed by atoms with E-state index in [1.54, 1.807) is 17.2 Å². The number of pyridine rings is 1. The van der Waals surface area contributed by atoms with Gasteiger partial charge in [0.05, 0.1) is 5.92 Å². The number of aromatic nitrogens is 1. The minimum absolute atomic E-state index is 0.249. The number of hydrogen-bond acceptors (Lipinski definition) is 4. The standard InChI is InChI=1S/C19H21N3O4/c23-18(24)15-5-4-10-22(13-15)19(25)21-12-14-8-9-17(20-11-14)26-16-6-2-1-3-7-16/h1-3,6-9,11,15H,4-5,10,12-13H2,(H,21,25)(H,23,24). The van der Waals surface area contributed by atoms with Crippen molar-refractivity contribution in [1.82, 2.24) is 15.2 Å². The van der Waals surface area contributed by atoms with Crippen LogP contribution in [-0.4, -0.2) is 40.1 Å². The molecule has 7 nitrogen and oxygen atoms in total. The van der Waals surface area contributed by atoms with E-state index in [4.69, 9.17) is 9.84 Å². The molecule has 1 atom stereocenters. The summed E-state index contributed by atoms with van der Waals surface area (Å²) < 4.78 is 5.63. The smallest absolute Gasteiger partial charge is 0.317 e. The van der Waals surface area contributed by atoms with Gasteiger partial charge in [0.15, 0.2) is 0 Å². The van der Waals surface area contributed by atoms with Crippen molar-refractivity contribution >= 4 is 12.0 Å². The minimum atomic E-state index is -0.847. The lowest BCUT2D eigenvalue weighted by Gasteiger charge is -2.30. The highest BCUT2D eigenvalue weighted by atomic mass is 16.5. The zero-order valence-electron chi connectivity index (χ0n) is 14.3. The van der Waals surface area contributed by atoms with Gasteiger partial charge in [-0.05, 0) is 30.5 Å². The first kappa shape index (κ1) is 17.7. The number of piperidine rings is 1. The molecule has 1 fully saturated rings. The molecule has 7 heteroatoms. The summed E-state index contributed by atoms with van der Waals surface area (Å²) in [6.07, 6.45) is 2.97. The van der Waals surface area contributed by atoms with Gasteiger partial charge in [0.1, 0.15) is 5.75 Å². The maximum atomic E-state index is 12.2. The molecule has 2 heterocycles. The molecule has 26 heavy (non-hydrogen) atoms. The van der Waals surface area contributed by atoms with Crippen molar-refractivity contribution in [2.45, 2.75) is 19.4 Å². The predicted molar refractivity (Wildman–Crippen MR) is 94.9 cm³/mol. The molecule has 0 aliphatic carbocycles. The fourth-order valence-electron chi connectivity index (χ4n) is 2.84. The number of carboxylic acids is 1. The summed E-state index contributed by atoms with van der Waals surface area (Å²) in [5.74, 6) is -0.142. The first-order chi connectivity index (χ1) is 12.6. The van der Waals surface area contributed by atoms with Crippen LogP contribution in [0.1, 0.15) is 18.4 Å². The quantitative estimate of drug-likeness (QED) is 0.860. The Morgan fingerprint density at radius 3 is 2.73 bits per heavy atom. The zero-order chi connectivity index (χ0) is 18.4. The average Bonchev–Trinajstić information content (AvgIpc) is 2.68. The molecule has 1 unspecified atom stereocenters. The van der Waals surface area contributed by atoms with E-state index in [0.29, 0.717) is 37.6 Å². The maximum Gasteiger partial charge on any atom is 0.317 e. The lowest BCUT2D eigenvalue weighted by atomic mass is 9.99. The van der Waals surface area contributed by atoms with Gasteiger partial charge in [0.2, 0.25) is 5.88 Å². The molecule has 0 bridgehead atoms. The summed E-state index contributed by atoms with van der Waals surface area (Å²) in [5.41, 5.74) is 0.838. The van der Waals surface area contributed by atoms with Crippen molar-refractivity contribution in [2.24, 2.45) is 5.92 Å². The molecule has 3 rings (SSSR count). The molecule has 2 N–H and O–H groups in total. The van der Waals surface area contributed by atoms with E-state index in [0.717, 1.165) is 5.56 Å². The molecule has 136 valence electrons. The lowest BCUT2D eigenvalue weighted by molar-refractivity contribution is -0.143. The summed E-state index contributed by atoms with van der Waals surface area (Å²) >= 11 is 0. The number of para-hydroxylation sites is 1. The van der Waals surface area contributed by atoms with E-state index in [2.05, 4.69) is 10.3 Å². The van der Waals surface area contributed by atoms with Gasteiger partial charge < -0.3 is 20.1 Å². The Balaban J connectivity index is 1.50. The van der Waals surface area contributed by atoms with Crippen LogP contribution in [0.3, 0.4) is 0 Å². The Labute approximate surface area is 151 Å². The number of carbonyl (C=O) groups is 2. The number of amides is 2. The summed E-state index contributed by atoms with van der Waals surface area (Å²) in [4.78, 5) is 29.1. The van der Waals surface area contributed by atoms with Crippen LogP contribution in [0.15, 0.2) is 48.7 Å². The van der Waals surface area contributed by atoms with Crippen LogP contribution in [0.4, 0.5) is 4.79 Å².